The minimum absolute atomic E-state index is 0.126. The number of anilines is 2. The van der Waals surface area contributed by atoms with Gasteiger partial charge in [0.15, 0.2) is 0 Å². The summed E-state index contributed by atoms with van der Waals surface area (Å²) in [6.45, 7) is 1.88. The van der Waals surface area contributed by atoms with Crippen molar-refractivity contribution in [3.05, 3.63) is 65.9 Å². The number of nitrogens with zero attached hydrogens (tertiary/aromatic N) is 3. The Morgan fingerprint density at radius 3 is 2.74 bits per heavy atom. The standard InChI is InChI=1S/C19H14FN5O2/c1-10-7-12(8-11-9-15(18(26)27)24-17(10)11)22-19-21-6-5-14(25-19)13-3-2-4-16(20)23-13/h2-9,24H,1H3,(H,26,27)(H,21,22,25). The predicted molar refractivity (Wildman–Crippen MR) is 98.5 cm³/mol. The molecule has 4 aromatic rings. The van der Waals surface area contributed by atoms with Gasteiger partial charge in [-0.2, -0.15) is 4.39 Å². The van der Waals surface area contributed by atoms with Crippen LogP contribution in [0.4, 0.5) is 16.0 Å². The second-order valence-electron chi connectivity index (χ2n) is 5.98. The number of aromatic carboxylic acids is 1. The molecule has 0 saturated heterocycles. The quantitative estimate of drug-likeness (QED) is 0.475. The largest absolute Gasteiger partial charge is 0.477 e. The van der Waals surface area contributed by atoms with Crippen molar-refractivity contribution in [2.75, 3.05) is 5.32 Å². The molecular weight excluding hydrogens is 349 g/mol. The van der Waals surface area contributed by atoms with Crippen LogP contribution in [0, 0.1) is 12.9 Å². The van der Waals surface area contributed by atoms with Gasteiger partial charge in [0.05, 0.1) is 11.4 Å². The van der Waals surface area contributed by atoms with Crippen LogP contribution < -0.4 is 5.32 Å². The van der Waals surface area contributed by atoms with Gasteiger partial charge in [-0.3, -0.25) is 0 Å². The maximum atomic E-state index is 13.3. The lowest BCUT2D eigenvalue weighted by atomic mass is 10.1. The van der Waals surface area contributed by atoms with Crippen LogP contribution in [-0.2, 0) is 0 Å². The van der Waals surface area contributed by atoms with E-state index in [0.29, 0.717) is 23.0 Å². The van der Waals surface area contributed by atoms with Gasteiger partial charge in [0.2, 0.25) is 11.9 Å². The number of carboxylic acid groups (broad SMARTS) is 1. The summed E-state index contributed by atoms with van der Waals surface area (Å²) in [6.07, 6.45) is 1.56. The van der Waals surface area contributed by atoms with Crippen molar-refractivity contribution in [2.45, 2.75) is 6.92 Å². The van der Waals surface area contributed by atoms with E-state index >= 15 is 0 Å². The Kier molecular flexibility index (Phi) is 4.00. The Bertz CT molecular complexity index is 1170. The van der Waals surface area contributed by atoms with Gasteiger partial charge in [0, 0.05) is 22.8 Å². The fourth-order valence-electron chi connectivity index (χ4n) is 2.85. The van der Waals surface area contributed by atoms with E-state index in [1.807, 2.05) is 19.1 Å². The summed E-state index contributed by atoms with van der Waals surface area (Å²) in [7, 11) is 0. The SMILES string of the molecule is Cc1cc(Nc2nccc(-c3cccc(F)n3)n2)cc2cc(C(=O)O)[nH]c12. The van der Waals surface area contributed by atoms with E-state index in [9.17, 15) is 9.18 Å². The molecule has 0 atom stereocenters. The molecule has 0 saturated carbocycles. The molecule has 0 amide bonds. The first kappa shape index (κ1) is 16.6. The summed E-state index contributed by atoms with van der Waals surface area (Å²) in [6, 6.07) is 11.4. The molecule has 0 aliphatic heterocycles. The summed E-state index contributed by atoms with van der Waals surface area (Å²) >= 11 is 0. The lowest BCUT2D eigenvalue weighted by molar-refractivity contribution is 0.0691. The van der Waals surface area contributed by atoms with E-state index in [1.165, 1.54) is 6.07 Å². The zero-order valence-electron chi connectivity index (χ0n) is 14.2. The zero-order chi connectivity index (χ0) is 19.0. The lowest BCUT2D eigenvalue weighted by Crippen LogP contribution is -1.99. The van der Waals surface area contributed by atoms with E-state index in [1.54, 1.807) is 30.5 Å². The van der Waals surface area contributed by atoms with Crippen molar-refractivity contribution in [3.8, 4) is 11.4 Å². The highest BCUT2D eigenvalue weighted by molar-refractivity contribution is 5.96. The first-order valence-electron chi connectivity index (χ1n) is 8.09. The highest BCUT2D eigenvalue weighted by Gasteiger charge is 2.11. The normalized spacial score (nSPS) is 10.9. The third-order valence-electron chi connectivity index (χ3n) is 4.05. The van der Waals surface area contributed by atoms with Crippen molar-refractivity contribution in [1.82, 2.24) is 19.9 Å². The number of nitrogens with one attached hydrogen (secondary N) is 2. The Balaban J connectivity index is 1.68. The number of carbonyl (C=O) groups is 1. The number of hydrogen-bond acceptors (Lipinski definition) is 5. The third-order valence-corrected chi connectivity index (χ3v) is 4.05. The number of fused-ring (bicyclic) bond motifs is 1. The molecule has 0 aliphatic rings. The molecule has 3 aromatic heterocycles. The highest BCUT2D eigenvalue weighted by Crippen LogP contribution is 2.26. The molecule has 1 aromatic carbocycles. The number of rotatable bonds is 4. The van der Waals surface area contributed by atoms with E-state index in [-0.39, 0.29) is 5.69 Å². The van der Waals surface area contributed by atoms with Gasteiger partial charge in [-0.1, -0.05) is 6.07 Å². The van der Waals surface area contributed by atoms with Crippen LogP contribution in [0.25, 0.3) is 22.3 Å². The van der Waals surface area contributed by atoms with E-state index in [2.05, 4.69) is 25.3 Å². The zero-order valence-corrected chi connectivity index (χ0v) is 14.2. The van der Waals surface area contributed by atoms with Crippen LogP contribution in [0.2, 0.25) is 0 Å². The van der Waals surface area contributed by atoms with Crippen molar-refractivity contribution >= 4 is 28.5 Å². The monoisotopic (exact) mass is 363 g/mol. The van der Waals surface area contributed by atoms with Gasteiger partial charge in [-0.15, -0.1) is 0 Å². The van der Waals surface area contributed by atoms with Crippen molar-refractivity contribution < 1.29 is 14.3 Å². The fraction of sp³-hybridized carbons (Fsp3) is 0.0526. The molecule has 3 N–H and O–H groups in total. The van der Waals surface area contributed by atoms with Gasteiger partial charge >= 0.3 is 5.97 Å². The first-order valence-corrected chi connectivity index (χ1v) is 8.09. The number of pyridine rings is 1. The molecule has 134 valence electrons. The fourth-order valence-corrected chi connectivity index (χ4v) is 2.85. The van der Waals surface area contributed by atoms with E-state index in [0.717, 1.165) is 16.5 Å². The predicted octanol–water partition coefficient (Wildman–Crippen LogP) is 3.91. The van der Waals surface area contributed by atoms with E-state index in [4.69, 9.17) is 5.11 Å². The number of aromatic nitrogens is 4. The van der Waals surface area contributed by atoms with Crippen molar-refractivity contribution in [2.24, 2.45) is 0 Å². The summed E-state index contributed by atoms with van der Waals surface area (Å²) in [5, 5.41) is 13.0. The maximum Gasteiger partial charge on any atom is 0.352 e. The molecule has 8 heteroatoms. The number of carboxylic acids is 1. The van der Waals surface area contributed by atoms with Gasteiger partial charge < -0.3 is 15.4 Å². The molecule has 27 heavy (non-hydrogen) atoms. The number of benzene rings is 1. The van der Waals surface area contributed by atoms with Crippen LogP contribution >= 0.6 is 0 Å². The minimum Gasteiger partial charge on any atom is -0.477 e. The molecule has 3 heterocycles. The molecule has 7 nitrogen and oxygen atoms in total. The van der Waals surface area contributed by atoms with Crippen molar-refractivity contribution in [3.63, 3.8) is 0 Å². The lowest BCUT2D eigenvalue weighted by Gasteiger charge is -2.08. The molecular formula is C19H14FN5O2. The molecule has 0 bridgehead atoms. The maximum absolute atomic E-state index is 13.3. The number of aryl methyl sites for hydroxylation is 1. The molecule has 0 unspecified atom stereocenters. The molecule has 0 aliphatic carbocycles. The second kappa shape index (κ2) is 6.49. The van der Waals surface area contributed by atoms with Gasteiger partial charge in [-0.05, 0) is 48.9 Å². The van der Waals surface area contributed by atoms with Gasteiger partial charge in [0.25, 0.3) is 0 Å². The van der Waals surface area contributed by atoms with E-state index < -0.39 is 11.9 Å². The Morgan fingerprint density at radius 2 is 1.96 bits per heavy atom. The van der Waals surface area contributed by atoms with Gasteiger partial charge in [-0.25, -0.2) is 19.7 Å². The van der Waals surface area contributed by atoms with Crippen LogP contribution in [0.1, 0.15) is 16.1 Å². The minimum atomic E-state index is -1.02. The van der Waals surface area contributed by atoms with Gasteiger partial charge in [0.1, 0.15) is 5.69 Å². The molecule has 0 spiro atoms. The third kappa shape index (κ3) is 3.32. The number of hydrogen-bond donors (Lipinski definition) is 3. The summed E-state index contributed by atoms with van der Waals surface area (Å²) < 4.78 is 13.3. The van der Waals surface area contributed by atoms with Crippen LogP contribution in [-0.4, -0.2) is 31.0 Å². The number of aromatic amines is 1. The molecule has 0 radical (unpaired) electrons. The second-order valence-corrected chi connectivity index (χ2v) is 5.98. The highest BCUT2D eigenvalue weighted by atomic mass is 19.1. The number of H-pyrrole nitrogens is 1. The average Bonchev–Trinajstić information content (AvgIpc) is 3.07. The number of halogens is 1. The summed E-state index contributed by atoms with van der Waals surface area (Å²) in [5.41, 5.74) is 3.37. The van der Waals surface area contributed by atoms with Crippen molar-refractivity contribution in [1.29, 1.82) is 0 Å². The summed E-state index contributed by atoms with van der Waals surface area (Å²) in [4.78, 5) is 26.4. The molecule has 4 rings (SSSR count). The molecule has 0 fully saturated rings. The first-order chi connectivity index (χ1) is 13.0. The van der Waals surface area contributed by atoms with Crippen LogP contribution in [0.3, 0.4) is 0 Å². The van der Waals surface area contributed by atoms with Crippen LogP contribution in [0.5, 0.6) is 0 Å². The van der Waals surface area contributed by atoms with Crippen LogP contribution in [0.15, 0.2) is 48.7 Å². The average molecular weight is 363 g/mol. The Hall–Kier alpha value is -3.81. The Labute approximate surface area is 152 Å². The topological polar surface area (TPSA) is 104 Å². The smallest absolute Gasteiger partial charge is 0.352 e. The Morgan fingerprint density at radius 1 is 1.15 bits per heavy atom. The summed E-state index contributed by atoms with van der Waals surface area (Å²) in [5.74, 6) is -1.27.